The third kappa shape index (κ3) is 5.27. The van der Waals surface area contributed by atoms with Crippen LogP contribution in [0.5, 0.6) is 0 Å². The van der Waals surface area contributed by atoms with Crippen LogP contribution < -0.4 is 11.1 Å². The topological polar surface area (TPSA) is 68.0 Å². The van der Waals surface area contributed by atoms with Gasteiger partial charge in [-0.2, -0.15) is 0 Å². The van der Waals surface area contributed by atoms with Crippen molar-refractivity contribution in [1.82, 2.24) is 4.98 Å². The number of rotatable bonds is 6. The second-order valence-electron chi connectivity index (χ2n) is 5.44. The second-order valence-corrected chi connectivity index (χ2v) is 5.44. The molecule has 1 aromatic rings. The van der Waals surface area contributed by atoms with Crippen LogP contribution in [0.2, 0.25) is 0 Å². The SMILES string of the molecule is Cc1cc(NC(=O)CCC(C)(C)CCN)ccn1. The maximum atomic E-state index is 11.8. The molecule has 0 aromatic carbocycles. The molecule has 0 unspecified atom stereocenters. The van der Waals surface area contributed by atoms with E-state index in [2.05, 4.69) is 24.1 Å². The van der Waals surface area contributed by atoms with Gasteiger partial charge in [-0.1, -0.05) is 13.8 Å². The smallest absolute Gasteiger partial charge is 0.224 e. The van der Waals surface area contributed by atoms with E-state index in [-0.39, 0.29) is 11.3 Å². The zero-order chi connectivity index (χ0) is 13.6. The Kier molecular flexibility index (Phi) is 5.28. The molecule has 0 aliphatic heterocycles. The average molecular weight is 249 g/mol. The zero-order valence-electron chi connectivity index (χ0n) is 11.5. The number of amides is 1. The van der Waals surface area contributed by atoms with Gasteiger partial charge in [0.15, 0.2) is 0 Å². The number of nitrogens with one attached hydrogen (secondary N) is 1. The van der Waals surface area contributed by atoms with Crippen molar-refractivity contribution in [2.45, 2.75) is 40.0 Å². The first-order valence-electron chi connectivity index (χ1n) is 6.35. The van der Waals surface area contributed by atoms with Crippen molar-refractivity contribution in [3.8, 4) is 0 Å². The highest BCUT2D eigenvalue weighted by Crippen LogP contribution is 2.26. The van der Waals surface area contributed by atoms with Crippen LogP contribution in [0.1, 0.15) is 38.8 Å². The molecule has 4 heteroatoms. The number of carbonyl (C=O) groups excluding carboxylic acids is 1. The number of hydrogen-bond donors (Lipinski definition) is 2. The largest absolute Gasteiger partial charge is 0.330 e. The molecule has 0 fully saturated rings. The van der Waals surface area contributed by atoms with Gasteiger partial charge in [0.25, 0.3) is 0 Å². The van der Waals surface area contributed by atoms with Crippen LogP contribution >= 0.6 is 0 Å². The first kappa shape index (κ1) is 14.6. The Hall–Kier alpha value is -1.42. The highest BCUT2D eigenvalue weighted by Gasteiger charge is 2.18. The first-order chi connectivity index (χ1) is 8.43. The van der Waals surface area contributed by atoms with Crippen LogP contribution in [0, 0.1) is 12.3 Å². The van der Waals surface area contributed by atoms with Crippen LogP contribution in [0.25, 0.3) is 0 Å². The minimum absolute atomic E-state index is 0.0469. The summed E-state index contributed by atoms with van der Waals surface area (Å²) in [6.07, 6.45) is 4.01. The summed E-state index contributed by atoms with van der Waals surface area (Å²) in [6, 6.07) is 3.67. The van der Waals surface area contributed by atoms with Gasteiger partial charge in [-0.25, -0.2) is 0 Å². The summed E-state index contributed by atoms with van der Waals surface area (Å²) in [4.78, 5) is 15.9. The third-order valence-electron chi connectivity index (χ3n) is 3.03. The predicted molar refractivity (Wildman–Crippen MR) is 74.3 cm³/mol. The summed E-state index contributed by atoms with van der Waals surface area (Å²) in [5.74, 6) is 0.0469. The molecule has 0 saturated carbocycles. The lowest BCUT2D eigenvalue weighted by molar-refractivity contribution is -0.116. The van der Waals surface area contributed by atoms with Crippen molar-refractivity contribution in [3.63, 3.8) is 0 Å². The Bertz CT molecular complexity index is 402. The molecule has 0 aliphatic carbocycles. The Balaban J connectivity index is 2.43. The fourth-order valence-electron chi connectivity index (χ4n) is 1.81. The maximum Gasteiger partial charge on any atom is 0.224 e. The van der Waals surface area contributed by atoms with E-state index in [9.17, 15) is 4.79 Å². The molecular weight excluding hydrogens is 226 g/mol. The van der Waals surface area contributed by atoms with Gasteiger partial charge in [-0.3, -0.25) is 9.78 Å². The summed E-state index contributed by atoms with van der Waals surface area (Å²) in [7, 11) is 0. The van der Waals surface area contributed by atoms with Crippen molar-refractivity contribution in [3.05, 3.63) is 24.0 Å². The first-order valence-corrected chi connectivity index (χ1v) is 6.35. The summed E-state index contributed by atoms with van der Waals surface area (Å²) >= 11 is 0. The van der Waals surface area contributed by atoms with Gasteiger partial charge in [0, 0.05) is 24.0 Å². The number of pyridine rings is 1. The molecule has 1 amide bonds. The molecule has 0 radical (unpaired) electrons. The molecule has 0 saturated heterocycles. The van der Waals surface area contributed by atoms with Gasteiger partial charge < -0.3 is 11.1 Å². The van der Waals surface area contributed by atoms with Gasteiger partial charge >= 0.3 is 0 Å². The lowest BCUT2D eigenvalue weighted by Crippen LogP contribution is -2.20. The Morgan fingerprint density at radius 3 is 2.78 bits per heavy atom. The van der Waals surface area contributed by atoms with Crippen LogP contribution in [-0.2, 0) is 4.79 Å². The molecule has 1 aromatic heterocycles. The van der Waals surface area contributed by atoms with Crippen LogP contribution in [-0.4, -0.2) is 17.4 Å². The van der Waals surface area contributed by atoms with Gasteiger partial charge in [-0.05, 0) is 43.9 Å². The molecular formula is C14H23N3O. The van der Waals surface area contributed by atoms with Crippen molar-refractivity contribution in [1.29, 1.82) is 0 Å². The number of nitrogens with two attached hydrogens (primary N) is 1. The maximum absolute atomic E-state index is 11.8. The minimum Gasteiger partial charge on any atom is -0.330 e. The van der Waals surface area contributed by atoms with Gasteiger partial charge in [0.1, 0.15) is 0 Å². The second kappa shape index (κ2) is 6.50. The van der Waals surface area contributed by atoms with E-state index < -0.39 is 0 Å². The lowest BCUT2D eigenvalue weighted by atomic mass is 9.84. The monoisotopic (exact) mass is 249 g/mol. The molecule has 18 heavy (non-hydrogen) atoms. The average Bonchev–Trinajstić information content (AvgIpc) is 2.26. The normalized spacial score (nSPS) is 11.3. The van der Waals surface area contributed by atoms with Crippen molar-refractivity contribution in [2.24, 2.45) is 11.1 Å². The molecule has 0 aliphatic rings. The minimum atomic E-state index is 0.0469. The van der Waals surface area contributed by atoms with E-state index in [1.165, 1.54) is 0 Å². The molecule has 3 N–H and O–H groups in total. The number of anilines is 1. The number of carbonyl (C=O) groups is 1. The molecule has 1 rings (SSSR count). The standard InChI is InChI=1S/C14H23N3O/c1-11-10-12(5-9-16-11)17-13(18)4-6-14(2,3)7-8-15/h5,9-10H,4,6-8,15H2,1-3H3,(H,16,17,18). The van der Waals surface area contributed by atoms with E-state index in [0.717, 1.165) is 24.2 Å². The van der Waals surface area contributed by atoms with Crippen LogP contribution in [0.3, 0.4) is 0 Å². The van der Waals surface area contributed by atoms with E-state index in [0.29, 0.717) is 13.0 Å². The lowest BCUT2D eigenvalue weighted by Gasteiger charge is -2.23. The number of hydrogen-bond acceptors (Lipinski definition) is 3. The molecule has 100 valence electrons. The fraction of sp³-hybridized carbons (Fsp3) is 0.571. The van der Waals surface area contributed by atoms with Crippen molar-refractivity contribution < 1.29 is 4.79 Å². The van der Waals surface area contributed by atoms with Gasteiger partial charge in [-0.15, -0.1) is 0 Å². The Morgan fingerprint density at radius 1 is 1.44 bits per heavy atom. The molecule has 0 bridgehead atoms. The van der Waals surface area contributed by atoms with Gasteiger partial charge in [0.05, 0.1) is 0 Å². The van der Waals surface area contributed by atoms with Crippen LogP contribution in [0.4, 0.5) is 5.69 Å². The molecule has 1 heterocycles. The van der Waals surface area contributed by atoms with E-state index in [1.54, 1.807) is 12.3 Å². The van der Waals surface area contributed by atoms with E-state index >= 15 is 0 Å². The summed E-state index contributed by atoms with van der Waals surface area (Å²) in [5.41, 5.74) is 7.39. The quantitative estimate of drug-likeness (QED) is 0.814. The summed E-state index contributed by atoms with van der Waals surface area (Å²) < 4.78 is 0. The van der Waals surface area contributed by atoms with E-state index in [1.807, 2.05) is 13.0 Å². The van der Waals surface area contributed by atoms with Crippen molar-refractivity contribution >= 4 is 11.6 Å². The highest BCUT2D eigenvalue weighted by molar-refractivity contribution is 5.90. The highest BCUT2D eigenvalue weighted by atomic mass is 16.1. The Morgan fingerprint density at radius 2 is 2.17 bits per heavy atom. The molecule has 4 nitrogen and oxygen atoms in total. The predicted octanol–water partition coefficient (Wildman–Crippen LogP) is 2.48. The summed E-state index contributed by atoms with van der Waals surface area (Å²) in [6.45, 7) is 6.85. The Labute approximate surface area is 109 Å². The van der Waals surface area contributed by atoms with E-state index in [4.69, 9.17) is 5.73 Å². The zero-order valence-corrected chi connectivity index (χ0v) is 11.5. The van der Waals surface area contributed by atoms with Crippen molar-refractivity contribution in [2.75, 3.05) is 11.9 Å². The summed E-state index contributed by atoms with van der Waals surface area (Å²) in [5, 5.41) is 2.89. The third-order valence-corrected chi connectivity index (χ3v) is 3.03. The van der Waals surface area contributed by atoms with Crippen LogP contribution in [0.15, 0.2) is 18.3 Å². The number of nitrogens with zero attached hydrogens (tertiary/aromatic N) is 1. The molecule has 0 spiro atoms. The number of aromatic nitrogens is 1. The molecule has 0 atom stereocenters. The van der Waals surface area contributed by atoms with Gasteiger partial charge in [0.2, 0.25) is 5.91 Å². The number of aryl methyl sites for hydroxylation is 1. The fourth-order valence-corrected chi connectivity index (χ4v) is 1.81.